The van der Waals surface area contributed by atoms with Crippen LogP contribution in [-0.4, -0.2) is 50.3 Å². The van der Waals surface area contributed by atoms with Gasteiger partial charge in [-0.05, 0) is 44.0 Å². The number of carbonyl (C=O) groups excluding carboxylic acids is 1. The summed E-state index contributed by atoms with van der Waals surface area (Å²) in [5.41, 5.74) is 0.672. The molecule has 1 aromatic rings. The van der Waals surface area contributed by atoms with Crippen LogP contribution in [0.4, 0.5) is 0 Å². The van der Waals surface area contributed by atoms with E-state index in [0.717, 1.165) is 31.0 Å². The van der Waals surface area contributed by atoms with Crippen molar-refractivity contribution in [2.24, 2.45) is 0 Å². The predicted molar refractivity (Wildman–Crippen MR) is 73.3 cm³/mol. The number of hydrogen-bond acceptors (Lipinski definition) is 5. The first kappa shape index (κ1) is 13.2. The molecular weight excluding hydrogens is 270 g/mol. The van der Waals surface area contributed by atoms with Crippen LogP contribution in [0.15, 0.2) is 0 Å². The maximum atomic E-state index is 12.4. The van der Waals surface area contributed by atoms with Gasteiger partial charge in [0.2, 0.25) is 0 Å². The smallest absolute Gasteiger partial charge is 0.286 e. The van der Waals surface area contributed by atoms with Gasteiger partial charge in [0.1, 0.15) is 4.88 Å². The fraction of sp³-hybridized carbons (Fsp3) is 0.600. The minimum Gasteiger partial charge on any atom is -0.361 e. The second-order valence-electron chi connectivity index (χ2n) is 3.93. The lowest BCUT2D eigenvalue weighted by molar-refractivity contribution is 0.0496. The van der Waals surface area contributed by atoms with Crippen molar-refractivity contribution >= 4 is 34.8 Å². The number of carbonyl (C=O) groups is 1. The van der Waals surface area contributed by atoms with E-state index >= 15 is 0 Å². The Kier molecular flexibility index (Phi) is 4.07. The summed E-state index contributed by atoms with van der Waals surface area (Å²) in [6, 6.07) is 0. The Labute approximate surface area is 115 Å². The van der Waals surface area contributed by atoms with E-state index in [2.05, 4.69) is 14.9 Å². The van der Waals surface area contributed by atoms with Gasteiger partial charge in [0.25, 0.3) is 5.91 Å². The molecular formula is C10H15N5OS2. The summed E-state index contributed by atoms with van der Waals surface area (Å²) in [4.78, 5) is 13.0. The summed E-state index contributed by atoms with van der Waals surface area (Å²) in [7, 11) is 0. The van der Waals surface area contributed by atoms with Crippen LogP contribution in [0.25, 0.3) is 0 Å². The van der Waals surface area contributed by atoms with Crippen LogP contribution in [0, 0.1) is 6.92 Å². The third-order valence-electron chi connectivity index (χ3n) is 2.67. The second kappa shape index (κ2) is 5.57. The Bertz CT molecular complexity index is 461. The van der Waals surface area contributed by atoms with E-state index in [1.807, 2.05) is 11.9 Å². The molecule has 8 heteroatoms. The fourth-order valence-electron chi connectivity index (χ4n) is 1.82. The maximum absolute atomic E-state index is 12.4. The number of nitrogens with zero attached hydrogens (tertiary/aromatic N) is 4. The number of aromatic nitrogens is 2. The molecule has 0 spiro atoms. The number of hydrazine groups is 1. The molecule has 0 aromatic carbocycles. The van der Waals surface area contributed by atoms with E-state index in [1.165, 1.54) is 0 Å². The molecule has 0 atom stereocenters. The highest BCUT2D eigenvalue weighted by Crippen LogP contribution is 2.18. The molecule has 1 aliphatic heterocycles. The lowest BCUT2D eigenvalue weighted by atomic mass is 10.3. The van der Waals surface area contributed by atoms with Crippen LogP contribution < -0.4 is 5.32 Å². The molecule has 2 heterocycles. The highest BCUT2D eigenvalue weighted by atomic mass is 32.1. The average molecular weight is 285 g/mol. The lowest BCUT2D eigenvalue weighted by Gasteiger charge is -2.29. The fourth-order valence-corrected chi connectivity index (χ4v) is 2.76. The first-order valence-electron chi connectivity index (χ1n) is 5.81. The summed E-state index contributed by atoms with van der Waals surface area (Å²) in [6.45, 7) is 5.97. The molecule has 6 nitrogen and oxygen atoms in total. The zero-order valence-electron chi connectivity index (χ0n) is 10.3. The highest BCUT2D eigenvalue weighted by molar-refractivity contribution is 7.80. The monoisotopic (exact) mass is 285 g/mol. The molecule has 98 valence electrons. The van der Waals surface area contributed by atoms with Gasteiger partial charge in [0.05, 0.1) is 5.69 Å². The van der Waals surface area contributed by atoms with Crippen molar-refractivity contribution in [3.8, 4) is 0 Å². The van der Waals surface area contributed by atoms with Gasteiger partial charge in [0.15, 0.2) is 5.11 Å². The Balaban J connectivity index is 2.15. The van der Waals surface area contributed by atoms with Crippen LogP contribution in [-0.2, 0) is 0 Å². The number of amides is 1. The number of nitrogens with one attached hydrogen (secondary N) is 1. The minimum atomic E-state index is -0.0692. The number of hydrogen-bond donors (Lipinski definition) is 1. The predicted octanol–water partition coefficient (Wildman–Crippen LogP) is 0.804. The molecule has 1 amide bonds. The van der Waals surface area contributed by atoms with Gasteiger partial charge < -0.3 is 5.32 Å². The molecule has 1 aromatic heterocycles. The first-order chi connectivity index (χ1) is 8.65. The molecule has 1 N–H and O–H groups in total. The number of aryl methyl sites for hydroxylation is 1. The third-order valence-corrected chi connectivity index (χ3v) is 3.84. The van der Waals surface area contributed by atoms with Gasteiger partial charge in [-0.1, -0.05) is 4.49 Å². The lowest BCUT2D eigenvalue weighted by Crippen LogP contribution is -2.49. The third kappa shape index (κ3) is 2.44. The Morgan fingerprint density at radius 2 is 2.22 bits per heavy atom. The number of rotatable bonds is 2. The summed E-state index contributed by atoms with van der Waals surface area (Å²) >= 11 is 6.39. The summed E-state index contributed by atoms with van der Waals surface area (Å²) < 4.78 is 3.80. The van der Waals surface area contributed by atoms with Gasteiger partial charge in [-0.2, -0.15) is 0 Å². The molecule has 0 radical (unpaired) electrons. The second-order valence-corrected chi connectivity index (χ2v) is 5.07. The van der Waals surface area contributed by atoms with Crippen molar-refractivity contribution in [3.63, 3.8) is 0 Å². The Morgan fingerprint density at radius 1 is 1.50 bits per heavy atom. The standard InChI is InChI=1S/C10H15N5OS2/c1-3-11-10(17)15-6-4-5-14(15)9(16)8-7(2)12-13-18-8/h3-6H2,1-2H3,(H,11,17). The van der Waals surface area contributed by atoms with Crippen molar-refractivity contribution in [1.82, 2.24) is 24.9 Å². The van der Waals surface area contributed by atoms with Crippen LogP contribution in [0.3, 0.4) is 0 Å². The Hall–Kier alpha value is -1.28. The minimum absolute atomic E-state index is 0.0692. The van der Waals surface area contributed by atoms with Crippen LogP contribution in [0.5, 0.6) is 0 Å². The van der Waals surface area contributed by atoms with Crippen molar-refractivity contribution in [2.45, 2.75) is 20.3 Å². The Morgan fingerprint density at radius 3 is 2.83 bits per heavy atom. The van der Waals surface area contributed by atoms with Crippen molar-refractivity contribution in [1.29, 1.82) is 0 Å². The first-order valence-corrected chi connectivity index (χ1v) is 6.99. The highest BCUT2D eigenvalue weighted by Gasteiger charge is 2.31. The van der Waals surface area contributed by atoms with Crippen LogP contribution >= 0.6 is 23.8 Å². The van der Waals surface area contributed by atoms with Crippen molar-refractivity contribution in [3.05, 3.63) is 10.6 Å². The quantitative estimate of drug-likeness (QED) is 0.811. The average Bonchev–Trinajstić information content (AvgIpc) is 2.96. The van der Waals surface area contributed by atoms with Gasteiger partial charge >= 0.3 is 0 Å². The molecule has 0 unspecified atom stereocenters. The normalized spacial score (nSPS) is 15.0. The van der Waals surface area contributed by atoms with Crippen molar-refractivity contribution in [2.75, 3.05) is 19.6 Å². The molecule has 0 saturated carbocycles. The maximum Gasteiger partial charge on any atom is 0.286 e. The summed E-state index contributed by atoms with van der Waals surface area (Å²) in [5, 5.41) is 11.0. The van der Waals surface area contributed by atoms with Crippen LogP contribution in [0.1, 0.15) is 28.7 Å². The van der Waals surface area contributed by atoms with Gasteiger partial charge in [-0.25, -0.2) is 5.01 Å². The van der Waals surface area contributed by atoms with Gasteiger partial charge in [-0.3, -0.25) is 9.80 Å². The molecule has 1 fully saturated rings. The largest absolute Gasteiger partial charge is 0.361 e. The van der Waals surface area contributed by atoms with E-state index in [4.69, 9.17) is 12.2 Å². The van der Waals surface area contributed by atoms with E-state index < -0.39 is 0 Å². The zero-order chi connectivity index (χ0) is 13.1. The molecule has 0 aliphatic carbocycles. The van der Waals surface area contributed by atoms with Gasteiger partial charge in [-0.15, -0.1) is 5.10 Å². The SMILES string of the molecule is CCNC(=S)N1CCCN1C(=O)c1snnc1C. The van der Waals surface area contributed by atoms with Crippen molar-refractivity contribution < 1.29 is 4.79 Å². The summed E-state index contributed by atoms with van der Waals surface area (Å²) in [5.74, 6) is -0.0692. The number of thiocarbonyl (C=S) groups is 1. The van der Waals surface area contributed by atoms with E-state index in [0.29, 0.717) is 22.2 Å². The van der Waals surface area contributed by atoms with E-state index in [1.54, 1.807) is 11.9 Å². The molecule has 2 rings (SSSR count). The zero-order valence-corrected chi connectivity index (χ0v) is 12.0. The summed E-state index contributed by atoms with van der Waals surface area (Å²) in [6.07, 6.45) is 0.919. The van der Waals surface area contributed by atoms with Gasteiger partial charge in [0, 0.05) is 19.6 Å². The topological polar surface area (TPSA) is 61.4 Å². The molecule has 18 heavy (non-hydrogen) atoms. The van der Waals surface area contributed by atoms with E-state index in [-0.39, 0.29) is 5.91 Å². The van der Waals surface area contributed by atoms with E-state index in [9.17, 15) is 4.79 Å². The molecule has 0 bridgehead atoms. The van der Waals surface area contributed by atoms with Crippen LogP contribution in [0.2, 0.25) is 0 Å². The molecule has 1 aliphatic rings. The molecule has 1 saturated heterocycles.